The number of amides is 1. The summed E-state index contributed by atoms with van der Waals surface area (Å²) in [5.41, 5.74) is 5.75. The number of halogens is 2. The highest BCUT2D eigenvalue weighted by atomic mass is 19.3. The Bertz CT molecular complexity index is 1030. The van der Waals surface area contributed by atoms with Crippen molar-refractivity contribution in [1.82, 2.24) is 14.9 Å². The summed E-state index contributed by atoms with van der Waals surface area (Å²) in [7, 11) is 0. The summed E-state index contributed by atoms with van der Waals surface area (Å²) < 4.78 is 30.1. The summed E-state index contributed by atoms with van der Waals surface area (Å²) >= 11 is 0. The van der Waals surface area contributed by atoms with Gasteiger partial charge < -0.3 is 20.7 Å². The Morgan fingerprint density at radius 3 is 2.48 bits per heavy atom. The Morgan fingerprint density at radius 1 is 1.24 bits per heavy atom. The Hall–Kier alpha value is -3.37. The third-order valence-electron chi connectivity index (χ3n) is 4.83. The molecule has 0 saturated carbocycles. The number of carbonyl (C=O) groups is 1. The van der Waals surface area contributed by atoms with Crippen LogP contribution in [-0.2, 0) is 17.9 Å². The highest BCUT2D eigenvalue weighted by molar-refractivity contribution is 5.82. The van der Waals surface area contributed by atoms with Crippen LogP contribution in [0.4, 0.5) is 20.3 Å². The van der Waals surface area contributed by atoms with E-state index >= 15 is 0 Å². The van der Waals surface area contributed by atoms with Gasteiger partial charge in [0.05, 0.1) is 6.54 Å². The fraction of sp³-hybridized carbons (Fsp3) is 0.500. The number of unbranched alkanes of at least 4 members (excludes halogenated alkanes) is 1. The summed E-state index contributed by atoms with van der Waals surface area (Å²) in [5, 5.41) is 2.74. The van der Waals surface area contributed by atoms with Gasteiger partial charge in [-0.25, -0.2) is 4.79 Å². The number of hydrogen-bond donors (Lipinski definition) is 3. The number of nitrogens with two attached hydrogens (primary N) is 1. The minimum Gasteiger partial charge on any atom is -0.435 e. The smallest absolute Gasteiger partial charge is 0.387 e. The Labute approximate surface area is 190 Å². The number of nitrogen functional groups attached to an aromatic ring is 1. The number of carbonyl (C=O) groups excluding carboxylic acids is 1. The topological polar surface area (TPSA) is 122 Å². The molecule has 0 unspecified atom stereocenters. The number of nitrogens with zero attached hydrogens (tertiary/aromatic N) is 2. The van der Waals surface area contributed by atoms with Gasteiger partial charge in [-0.1, -0.05) is 39.3 Å². The molecule has 0 radical (unpaired) electrons. The van der Waals surface area contributed by atoms with Crippen molar-refractivity contribution < 1.29 is 18.3 Å². The van der Waals surface area contributed by atoms with E-state index < -0.39 is 17.9 Å². The van der Waals surface area contributed by atoms with Gasteiger partial charge in [0.1, 0.15) is 17.3 Å². The molecular formula is C22H31F2N5O4. The van der Waals surface area contributed by atoms with E-state index in [1.807, 2.05) is 20.8 Å². The monoisotopic (exact) mass is 467 g/mol. The molecule has 9 nitrogen and oxygen atoms in total. The number of alkyl halides is 2. The van der Waals surface area contributed by atoms with E-state index in [4.69, 9.17) is 5.73 Å². The molecule has 0 bridgehead atoms. The summed E-state index contributed by atoms with van der Waals surface area (Å²) in [6.07, 6.45) is 1.54. The lowest BCUT2D eigenvalue weighted by atomic mass is 10.2. The van der Waals surface area contributed by atoms with E-state index in [0.29, 0.717) is 25.1 Å². The van der Waals surface area contributed by atoms with E-state index in [1.165, 1.54) is 16.7 Å². The number of H-pyrrole nitrogens is 1. The molecule has 0 saturated heterocycles. The maximum atomic E-state index is 12.6. The molecule has 33 heavy (non-hydrogen) atoms. The van der Waals surface area contributed by atoms with Crippen molar-refractivity contribution in [3.05, 3.63) is 50.7 Å². The minimum atomic E-state index is -2.91. The number of benzene rings is 1. The lowest BCUT2D eigenvalue weighted by Gasteiger charge is -2.26. The number of ether oxygens (including phenoxy) is 1. The van der Waals surface area contributed by atoms with Gasteiger partial charge in [0, 0.05) is 19.6 Å². The van der Waals surface area contributed by atoms with Crippen molar-refractivity contribution >= 4 is 17.4 Å². The lowest BCUT2D eigenvalue weighted by Crippen LogP contribution is -2.43. The second kappa shape index (κ2) is 12.0. The quantitative estimate of drug-likeness (QED) is 0.440. The maximum Gasteiger partial charge on any atom is 0.387 e. The highest BCUT2D eigenvalue weighted by Crippen LogP contribution is 2.18. The third-order valence-corrected chi connectivity index (χ3v) is 4.83. The zero-order valence-electron chi connectivity index (χ0n) is 19.1. The van der Waals surface area contributed by atoms with Crippen molar-refractivity contribution in [3.63, 3.8) is 0 Å². The first-order chi connectivity index (χ1) is 15.6. The van der Waals surface area contributed by atoms with Crippen LogP contribution >= 0.6 is 0 Å². The van der Waals surface area contributed by atoms with Crippen molar-refractivity contribution in [2.75, 3.05) is 23.7 Å². The van der Waals surface area contributed by atoms with Crippen LogP contribution in [-0.4, -0.2) is 35.2 Å². The van der Waals surface area contributed by atoms with Gasteiger partial charge in [-0.05, 0) is 30.0 Å². The largest absolute Gasteiger partial charge is 0.435 e. The molecular weight excluding hydrogens is 436 g/mol. The van der Waals surface area contributed by atoms with Crippen LogP contribution in [0.2, 0.25) is 0 Å². The molecule has 1 amide bonds. The maximum absolute atomic E-state index is 12.6. The van der Waals surface area contributed by atoms with Gasteiger partial charge in [0.2, 0.25) is 5.91 Å². The first-order valence-electron chi connectivity index (χ1n) is 10.8. The van der Waals surface area contributed by atoms with E-state index in [-0.39, 0.29) is 42.2 Å². The van der Waals surface area contributed by atoms with Crippen LogP contribution in [0.5, 0.6) is 5.75 Å². The fourth-order valence-corrected chi connectivity index (χ4v) is 3.27. The molecule has 1 aromatic heterocycles. The molecule has 2 aromatic rings. The molecule has 11 heteroatoms. The SMILES string of the molecule is CCCCN(CC(=O)NCc1ccc(OC(F)F)cc1)c1c(N)n(CC(C)C)c(=O)[nH]c1=O. The van der Waals surface area contributed by atoms with Gasteiger partial charge in [0.15, 0.2) is 0 Å². The molecule has 0 spiro atoms. The average molecular weight is 468 g/mol. The van der Waals surface area contributed by atoms with Gasteiger partial charge in [-0.3, -0.25) is 19.1 Å². The van der Waals surface area contributed by atoms with Crippen LogP contribution in [0, 0.1) is 5.92 Å². The van der Waals surface area contributed by atoms with Crippen molar-refractivity contribution in [3.8, 4) is 5.75 Å². The van der Waals surface area contributed by atoms with Crippen LogP contribution in [0.25, 0.3) is 0 Å². The first-order valence-corrected chi connectivity index (χ1v) is 10.8. The zero-order valence-corrected chi connectivity index (χ0v) is 19.1. The van der Waals surface area contributed by atoms with Crippen LogP contribution < -0.4 is 31.9 Å². The fourth-order valence-electron chi connectivity index (χ4n) is 3.27. The van der Waals surface area contributed by atoms with Crippen molar-refractivity contribution in [1.29, 1.82) is 0 Å². The second-order valence-corrected chi connectivity index (χ2v) is 8.07. The van der Waals surface area contributed by atoms with E-state index in [1.54, 1.807) is 17.0 Å². The predicted octanol–water partition coefficient (Wildman–Crippen LogP) is 2.30. The molecule has 0 atom stereocenters. The standard InChI is InChI=1S/C22H31F2N5O4/c1-4-5-10-28(18-19(25)29(12-14(2)3)22(32)27-20(18)31)13-17(30)26-11-15-6-8-16(9-7-15)33-21(23)24/h6-9,14,21H,4-5,10-13,25H2,1-3H3,(H,26,30)(H,27,31,32). The molecule has 0 fully saturated rings. The second-order valence-electron chi connectivity index (χ2n) is 8.07. The highest BCUT2D eigenvalue weighted by Gasteiger charge is 2.21. The zero-order chi connectivity index (χ0) is 24.5. The van der Waals surface area contributed by atoms with Gasteiger partial charge in [-0.2, -0.15) is 8.78 Å². The molecule has 0 aliphatic rings. The molecule has 0 aliphatic heterocycles. The molecule has 182 valence electrons. The number of nitrogens with one attached hydrogen (secondary N) is 2. The van der Waals surface area contributed by atoms with E-state index in [2.05, 4.69) is 15.0 Å². The van der Waals surface area contributed by atoms with Crippen LogP contribution in [0.15, 0.2) is 33.9 Å². The van der Waals surface area contributed by atoms with Crippen LogP contribution in [0.1, 0.15) is 39.2 Å². The molecule has 1 aromatic carbocycles. The summed E-state index contributed by atoms with van der Waals surface area (Å²) in [5.74, 6) is -0.193. The first kappa shape index (κ1) is 25.9. The number of anilines is 2. The Morgan fingerprint density at radius 2 is 1.91 bits per heavy atom. The molecule has 2 rings (SSSR count). The molecule has 1 heterocycles. The normalized spacial score (nSPS) is 11.1. The summed E-state index contributed by atoms with van der Waals surface area (Å²) in [6, 6.07) is 5.91. The number of aromatic amines is 1. The van der Waals surface area contributed by atoms with Crippen molar-refractivity contribution in [2.24, 2.45) is 5.92 Å². The summed E-state index contributed by atoms with van der Waals surface area (Å²) in [6.45, 7) is 3.66. The number of rotatable bonds is 12. The van der Waals surface area contributed by atoms with Gasteiger partial charge >= 0.3 is 12.3 Å². The van der Waals surface area contributed by atoms with Crippen molar-refractivity contribution in [2.45, 2.75) is 53.3 Å². The molecule has 4 N–H and O–H groups in total. The number of hydrogen-bond acceptors (Lipinski definition) is 6. The Balaban J connectivity index is 2.16. The van der Waals surface area contributed by atoms with E-state index in [0.717, 1.165) is 6.42 Å². The molecule has 0 aliphatic carbocycles. The lowest BCUT2D eigenvalue weighted by molar-refractivity contribution is -0.119. The van der Waals surface area contributed by atoms with Crippen LogP contribution in [0.3, 0.4) is 0 Å². The van der Waals surface area contributed by atoms with Gasteiger partial charge in [0.25, 0.3) is 5.56 Å². The van der Waals surface area contributed by atoms with Gasteiger partial charge in [-0.15, -0.1) is 0 Å². The minimum absolute atomic E-state index is 0.0240. The van der Waals surface area contributed by atoms with E-state index in [9.17, 15) is 23.2 Å². The Kier molecular flexibility index (Phi) is 9.43. The predicted molar refractivity (Wildman–Crippen MR) is 123 cm³/mol. The number of aromatic nitrogens is 2. The average Bonchev–Trinajstić information content (AvgIpc) is 2.73. The summed E-state index contributed by atoms with van der Waals surface area (Å²) in [4.78, 5) is 41.3. The third kappa shape index (κ3) is 7.62.